The predicted octanol–water partition coefficient (Wildman–Crippen LogP) is 2.46. The number of carbonyl (C=O) groups excluding carboxylic acids is 1. The van der Waals surface area contributed by atoms with Crippen LogP contribution < -0.4 is 10.0 Å². The maximum absolute atomic E-state index is 12.6. The Bertz CT molecular complexity index is 1160. The van der Waals surface area contributed by atoms with E-state index in [4.69, 9.17) is 5.11 Å². The lowest BCUT2D eigenvalue weighted by Crippen LogP contribution is -2.48. The smallest absolute Gasteiger partial charge is 0.305 e. The molecule has 0 aliphatic rings. The minimum absolute atomic E-state index is 0.269. The quantitative estimate of drug-likeness (QED) is 0.448. The predicted molar refractivity (Wildman–Crippen MR) is 119 cm³/mol. The lowest BCUT2D eigenvalue weighted by molar-refractivity contribution is -0.139. The third-order valence-corrected chi connectivity index (χ3v) is 6.10. The minimum atomic E-state index is -3.94. The van der Waals surface area contributed by atoms with Crippen LogP contribution in [0.5, 0.6) is 0 Å². The summed E-state index contributed by atoms with van der Waals surface area (Å²) in [5.74, 6) is -2.29. The van der Waals surface area contributed by atoms with E-state index >= 15 is 0 Å². The summed E-state index contributed by atoms with van der Waals surface area (Å²) in [5.41, 5.74) is 1.55. The Labute approximate surface area is 181 Å². The van der Waals surface area contributed by atoms with Crippen LogP contribution in [0, 0.1) is 0 Å². The highest BCUT2D eigenvalue weighted by Gasteiger charge is 2.27. The lowest BCUT2D eigenvalue weighted by Gasteiger charge is -2.17. The van der Waals surface area contributed by atoms with Crippen molar-refractivity contribution >= 4 is 32.7 Å². The van der Waals surface area contributed by atoms with E-state index in [0.717, 1.165) is 16.3 Å². The van der Waals surface area contributed by atoms with Crippen LogP contribution in [0.25, 0.3) is 10.8 Å². The van der Waals surface area contributed by atoms with Gasteiger partial charge >= 0.3 is 5.97 Å². The molecule has 0 bridgehead atoms. The molecule has 7 nitrogen and oxygen atoms in total. The molecular weight excluding hydrogens is 416 g/mol. The van der Waals surface area contributed by atoms with Gasteiger partial charge in [-0.3, -0.25) is 9.59 Å². The van der Waals surface area contributed by atoms with Crippen LogP contribution in [0.4, 0.5) is 0 Å². The molecule has 0 radical (unpaired) electrons. The molecule has 3 N–H and O–H groups in total. The van der Waals surface area contributed by atoms with Gasteiger partial charge in [-0.2, -0.15) is 0 Å². The molecule has 3 rings (SSSR count). The molecule has 1 atom stereocenters. The van der Waals surface area contributed by atoms with E-state index in [-0.39, 0.29) is 12.3 Å². The summed E-state index contributed by atoms with van der Waals surface area (Å²) in [6, 6.07) is 20.9. The van der Waals surface area contributed by atoms with Crippen molar-refractivity contribution in [2.45, 2.75) is 24.6 Å². The van der Waals surface area contributed by atoms with Gasteiger partial charge in [0.2, 0.25) is 15.9 Å². The Morgan fingerprint density at radius 3 is 2.26 bits per heavy atom. The van der Waals surface area contributed by atoms with Gasteiger partial charge < -0.3 is 10.4 Å². The number of sulfonamides is 1. The average Bonchev–Trinajstić information content (AvgIpc) is 2.73. The number of fused-ring (bicyclic) bond motifs is 1. The molecule has 0 saturated carbocycles. The van der Waals surface area contributed by atoms with Crippen molar-refractivity contribution in [3.8, 4) is 0 Å². The summed E-state index contributed by atoms with van der Waals surface area (Å²) in [6.45, 7) is 0.269. The first-order chi connectivity index (χ1) is 14.8. The summed E-state index contributed by atoms with van der Waals surface area (Å²) in [4.78, 5) is 23.7. The van der Waals surface area contributed by atoms with Gasteiger partial charge in [0.25, 0.3) is 0 Å². The molecule has 0 aromatic heterocycles. The van der Waals surface area contributed by atoms with Crippen LogP contribution in [0.1, 0.15) is 17.5 Å². The average molecular weight is 441 g/mol. The van der Waals surface area contributed by atoms with Gasteiger partial charge in [-0.1, -0.05) is 72.8 Å². The van der Waals surface area contributed by atoms with Crippen LogP contribution in [0.15, 0.2) is 72.8 Å². The third kappa shape index (κ3) is 6.91. The van der Waals surface area contributed by atoms with Gasteiger partial charge in [0.15, 0.2) is 0 Å². The summed E-state index contributed by atoms with van der Waals surface area (Å²) in [5, 5.41) is 13.6. The second kappa shape index (κ2) is 10.2. The molecule has 31 heavy (non-hydrogen) atoms. The first-order valence-corrected chi connectivity index (χ1v) is 11.5. The normalized spacial score (nSPS) is 12.4. The Hall–Kier alpha value is -3.23. The number of rotatable bonds is 10. The summed E-state index contributed by atoms with van der Waals surface area (Å²) in [6.07, 6.45) is -0.0929. The molecule has 3 aromatic rings. The monoisotopic (exact) mass is 440 g/mol. The molecule has 0 spiro atoms. The first kappa shape index (κ1) is 22.5. The van der Waals surface area contributed by atoms with Crippen LogP contribution in [-0.2, 0) is 31.8 Å². The van der Waals surface area contributed by atoms with Crippen molar-refractivity contribution in [2.24, 2.45) is 0 Å². The first-order valence-electron chi connectivity index (χ1n) is 9.83. The number of hydrogen-bond acceptors (Lipinski definition) is 4. The largest absolute Gasteiger partial charge is 0.481 e. The second-order valence-electron chi connectivity index (χ2n) is 7.24. The van der Waals surface area contributed by atoms with Gasteiger partial charge in [0.05, 0.1) is 12.2 Å². The van der Waals surface area contributed by atoms with Crippen molar-refractivity contribution in [1.29, 1.82) is 0 Å². The van der Waals surface area contributed by atoms with Crippen LogP contribution in [0.2, 0.25) is 0 Å². The molecule has 0 saturated heterocycles. The topological polar surface area (TPSA) is 113 Å². The molecule has 1 amide bonds. The fourth-order valence-electron chi connectivity index (χ4n) is 3.27. The maximum Gasteiger partial charge on any atom is 0.305 e. The van der Waals surface area contributed by atoms with E-state index < -0.39 is 34.4 Å². The fraction of sp³-hybridized carbons (Fsp3) is 0.217. The number of carbonyl (C=O) groups is 2. The van der Waals surface area contributed by atoms with Gasteiger partial charge in [0.1, 0.15) is 6.04 Å². The van der Waals surface area contributed by atoms with Gasteiger partial charge in [0, 0.05) is 6.54 Å². The molecule has 0 aliphatic carbocycles. The van der Waals surface area contributed by atoms with Gasteiger partial charge in [-0.25, -0.2) is 13.1 Å². The van der Waals surface area contributed by atoms with Crippen LogP contribution >= 0.6 is 0 Å². The number of nitrogens with one attached hydrogen (secondary N) is 2. The maximum atomic E-state index is 12.6. The Kier molecular flexibility index (Phi) is 7.38. The number of carboxylic acid groups (broad SMARTS) is 1. The van der Waals surface area contributed by atoms with Crippen LogP contribution in [-0.4, -0.2) is 38.0 Å². The van der Waals surface area contributed by atoms with E-state index in [2.05, 4.69) is 10.0 Å². The zero-order valence-electron chi connectivity index (χ0n) is 16.8. The number of carboxylic acids is 1. The second-order valence-corrected chi connectivity index (χ2v) is 8.99. The summed E-state index contributed by atoms with van der Waals surface area (Å²) >= 11 is 0. The molecule has 3 aromatic carbocycles. The van der Waals surface area contributed by atoms with E-state index in [9.17, 15) is 18.0 Å². The van der Waals surface area contributed by atoms with Crippen molar-refractivity contribution in [1.82, 2.24) is 10.0 Å². The Morgan fingerprint density at radius 2 is 1.55 bits per heavy atom. The highest BCUT2D eigenvalue weighted by atomic mass is 32.2. The standard InChI is InChI=1S/C23H24N2O5S/c26-22(27)15-21(23(28)24-13-12-17-6-2-1-3-7-17)25-31(29,30)16-18-10-11-19-8-4-5-9-20(19)14-18/h1-11,14,21,25H,12-13,15-16H2,(H,24,28)(H,26,27)/t21-/m0/s1. The number of benzene rings is 3. The van der Waals surface area contributed by atoms with Crippen molar-refractivity contribution in [3.05, 3.63) is 83.9 Å². The molecule has 162 valence electrons. The molecular formula is C23H24N2O5S. The molecule has 8 heteroatoms. The molecule has 0 heterocycles. The molecule has 0 aliphatic heterocycles. The highest BCUT2D eigenvalue weighted by Crippen LogP contribution is 2.17. The van der Waals surface area contributed by atoms with E-state index in [1.807, 2.05) is 60.7 Å². The van der Waals surface area contributed by atoms with Crippen molar-refractivity contribution in [3.63, 3.8) is 0 Å². The number of hydrogen-bond donors (Lipinski definition) is 3. The summed E-state index contributed by atoms with van der Waals surface area (Å²) < 4.78 is 27.5. The SMILES string of the molecule is O=C(O)C[C@H](NS(=O)(=O)Cc1ccc2ccccc2c1)C(=O)NCCc1ccccc1. The van der Waals surface area contributed by atoms with E-state index in [1.54, 1.807) is 12.1 Å². The van der Waals surface area contributed by atoms with Gasteiger partial charge in [-0.15, -0.1) is 0 Å². The van der Waals surface area contributed by atoms with E-state index in [1.165, 1.54) is 0 Å². The Balaban J connectivity index is 1.64. The highest BCUT2D eigenvalue weighted by molar-refractivity contribution is 7.88. The molecule has 0 unspecified atom stereocenters. The van der Waals surface area contributed by atoms with Gasteiger partial charge in [-0.05, 0) is 28.3 Å². The summed E-state index contributed by atoms with van der Waals surface area (Å²) in [7, 11) is -3.94. The van der Waals surface area contributed by atoms with Crippen LogP contribution in [0.3, 0.4) is 0 Å². The number of amides is 1. The molecule has 0 fully saturated rings. The van der Waals surface area contributed by atoms with E-state index in [0.29, 0.717) is 12.0 Å². The zero-order valence-corrected chi connectivity index (χ0v) is 17.6. The third-order valence-electron chi connectivity index (χ3n) is 4.74. The van der Waals surface area contributed by atoms with Crippen molar-refractivity contribution in [2.75, 3.05) is 6.54 Å². The van der Waals surface area contributed by atoms with Crippen molar-refractivity contribution < 1.29 is 23.1 Å². The lowest BCUT2D eigenvalue weighted by atomic mass is 10.1. The fourth-order valence-corrected chi connectivity index (χ4v) is 4.59. The Morgan fingerprint density at radius 1 is 0.871 bits per heavy atom. The number of aliphatic carboxylic acids is 1. The zero-order chi connectivity index (χ0) is 22.3. The minimum Gasteiger partial charge on any atom is -0.481 e.